The first kappa shape index (κ1) is 20.1. The smallest absolute Gasteiger partial charge is 0.269 e. The molecule has 0 atom stereocenters. The highest BCUT2D eigenvalue weighted by molar-refractivity contribution is 6.30. The molecule has 0 spiro atoms. The van der Waals surface area contributed by atoms with Crippen LogP contribution in [0.3, 0.4) is 0 Å². The highest BCUT2D eigenvalue weighted by Crippen LogP contribution is 2.14. The van der Waals surface area contributed by atoms with Crippen molar-refractivity contribution < 1.29 is 14.4 Å². The zero-order chi connectivity index (χ0) is 20.8. The van der Waals surface area contributed by atoms with E-state index in [1.54, 1.807) is 54.6 Å². The molecular formula is C22H18ClN3O3. The third-order valence-corrected chi connectivity index (χ3v) is 4.34. The predicted octanol–water partition coefficient (Wildman–Crippen LogP) is 3.98. The molecule has 3 aromatic carbocycles. The van der Waals surface area contributed by atoms with Crippen molar-refractivity contribution in [3.63, 3.8) is 0 Å². The van der Waals surface area contributed by atoms with E-state index in [0.29, 0.717) is 21.8 Å². The van der Waals surface area contributed by atoms with Crippen LogP contribution in [0.4, 0.5) is 5.69 Å². The van der Waals surface area contributed by atoms with Gasteiger partial charge in [0.1, 0.15) is 0 Å². The highest BCUT2D eigenvalue weighted by atomic mass is 35.5. The number of benzene rings is 3. The zero-order valence-electron chi connectivity index (χ0n) is 15.5. The van der Waals surface area contributed by atoms with Gasteiger partial charge in [-0.15, -0.1) is 0 Å². The third-order valence-electron chi connectivity index (χ3n) is 4.09. The number of hydrogen-bond donors (Lipinski definition) is 3. The molecule has 0 saturated carbocycles. The van der Waals surface area contributed by atoms with Crippen LogP contribution >= 0.6 is 11.6 Å². The molecule has 0 saturated heterocycles. The van der Waals surface area contributed by atoms with E-state index < -0.39 is 11.8 Å². The summed E-state index contributed by atoms with van der Waals surface area (Å²) in [5.74, 6) is -1.26. The van der Waals surface area contributed by atoms with Crippen molar-refractivity contribution in [3.05, 3.63) is 100 Å². The number of carbonyl (C=O) groups excluding carboxylic acids is 3. The number of hydrogen-bond acceptors (Lipinski definition) is 3. The average Bonchev–Trinajstić information content (AvgIpc) is 2.73. The molecule has 6 nitrogen and oxygen atoms in total. The third kappa shape index (κ3) is 5.43. The van der Waals surface area contributed by atoms with E-state index in [1.807, 2.05) is 19.1 Å². The van der Waals surface area contributed by atoms with Gasteiger partial charge in [-0.1, -0.05) is 35.4 Å². The molecule has 0 fully saturated rings. The van der Waals surface area contributed by atoms with Gasteiger partial charge in [0.25, 0.3) is 17.7 Å². The van der Waals surface area contributed by atoms with Crippen molar-refractivity contribution in [3.8, 4) is 0 Å². The van der Waals surface area contributed by atoms with Gasteiger partial charge < -0.3 is 5.32 Å². The minimum absolute atomic E-state index is 0.281. The number of rotatable bonds is 4. The van der Waals surface area contributed by atoms with Gasteiger partial charge in [-0.2, -0.15) is 0 Å². The average molecular weight is 408 g/mol. The second-order valence-electron chi connectivity index (χ2n) is 6.32. The fourth-order valence-corrected chi connectivity index (χ4v) is 2.63. The fourth-order valence-electron chi connectivity index (χ4n) is 2.51. The molecule has 3 rings (SSSR count). The molecule has 3 amide bonds. The van der Waals surface area contributed by atoms with Crippen molar-refractivity contribution in [1.82, 2.24) is 10.9 Å². The van der Waals surface area contributed by atoms with Crippen molar-refractivity contribution in [1.29, 1.82) is 0 Å². The van der Waals surface area contributed by atoms with Gasteiger partial charge >= 0.3 is 0 Å². The Morgan fingerprint density at radius 1 is 0.690 bits per heavy atom. The molecule has 29 heavy (non-hydrogen) atoms. The number of aryl methyl sites for hydroxylation is 1. The van der Waals surface area contributed by atoms with E-state index in [1.165, 1.54) is 6.07 Å². The first-order valence-corrected chi connectivity index (χ1v) is 9.14. The van der Waals surface area contributed by atoms with Crippen LogP contribution in [0.25, 0.3) is 0 Å². The summed E-state index contributed by atoms with van der Waals surface area (Å²) in [6.45, 7) is 1.92. The first-order valence-electron chi connectivity index (χ1n) is 8.77. The minimum atomic E-state index is -0.506. The maximum Gasteiger partial charge on any atom is 0.269 e. The van der Waals surface area contributed by atoms with E-state index in [-0.39, 0.29) is 11.5 Å². The van der Waals surface area contributed by atoms with E-state index in [2.05, 4.69) is 16.2 Å². The van der Waals surface area contributed by atoms with Gasteiger partial charge in [-0.25, -0.2) is 0 Å². The maximum absolute atomic E-state index is 12.3. The van der Waals surface area contributed by atoms with Crippen LogP contribution < -0.4 is 16.2 Å². The molecule has 146 valence electrons. The van der Waals surface area contributed by atoms with Crippen LogP contribution in [-0.4, -0.2) is 17.7 Å². The van der Waals surface area contributed by atoms with Gasteiger partial charge in [0, 0.05) is 27.4 Å². The molecule has 3 N–H and O–H groups in total. The zero-order valence-corrected chi connectivity index (χ0v) is 16.3. The van der Waals surface area contributed by atoms with Crippen LogP contribution in [0.1, 0.15) is 36.6 Å². The van der Waals surface area contributed by atoms with Crippen LogP contribution in [-0.2, 0) is 0 Å². The summed E-state index contributed by atoms with van der Waals surface area (Å²) in [5, 5.41) is 3.25. The Bertz CT molecular complexity index is 1050. The molecule has 0 aromatic heterocycles. The summed E-state index contributed by atoms with van der Waals surface area (Å²) in [7, 11) is 0. The van der Waals surface area contributed by atoms with Crippen LogP contribution in [0.2, 0.25) is 5.02 Å². The van der Waals surface area contributed by atoms with E-state index in [4.69, 9.17) is 11.6 Å². The number of anilines is 1. The Balaban J connectivity index is 1.61. The van der Waals surface area contributed by atoms with Gasteiger partial charge in [-0.05, 0) is 61.5 Å². The first-order chi connectivity index (χ1) is 13.9. The SMILES string of the molecule is Cc1ccc(C(=O)NNC(=O)c2cccc(NC(=O)c3ccc(Cl)cc3)c2)cc1. The molecule has 0 heterocycles. The topological polar surface area (TPSA) is 87.3 Å². The van der Waals surface area contributed by atoms with Crippen molar-refractivity contribution in [2.24, 2.45) is 0 Å². The summed E-state index contributed by atoms with van der Waals surface area (Å²) in [4.78, 5) is 36.7. The standard InChI is InChI=1S/C22H18ClN3O3/c1-14-5-7-16(8-6-14)21(28)25-26-22(29)17-3-2-4-19(13-17)24-20(27)15-9-11-18(23)12-10-15/h2-13H,1H3,(H,24,27)(H,25,28)(H,26,29). The monoisotopic (exact) mass is 407 g/mol. The minimum Gasteiger partial charge on any atom is -0.322 e. The van der Waals surface area contributed by atoms with E-state index in [0.717, 1.165) is 5.56 Å². The Labute approximate surface area is 172 Å². The van der Waals surface area contributed by atoms with E-state index in [9.17, 15) is 14.4 Å². The summed E-state index contributed by atoms with van der Waals surface area (Å²) in [6.07, 6.45) is 0. The molecule has 0 aliphatic rings. The lowest BCUT2D eigenvalue weighted by Gasteiger charge is -2.10. The number of carbonyl (C=O) groups is 3. The number of nitrogens with one attached hydrogen (secondary N) is 3. The molecule has 0 radical (unpaired) electrons. The summed E-state index contributed by atoms with van der Waals surface area (Å²) in [6, 6.07) is 19.8. The summed E-state index contributed by atoms with van der Waals surface area (Å²) >= 11 is 5.82. The molecule has 0 unspecified atom stereocenters. The second kappa shape index (κ2) is 9.03. The van der Waals surface area contributed by atoms with Crippen molar-refractivity contribution in [2.75, 3.05) is 5.32 Å². The Morgan fingerprint density at radius 3 is 1.90 bits per heavy atom. The number of hydrazine groups is 1. The molecular weight excluding hydrogens is 390 g/mol. The van der Waals surface area contributed by atoms with Crippen molar-refractivity contribution >= 4 is 35.0 Å². The lowest BCUT2D eigenvalue weighted by atomic mass is 10.1. The normalized spacial score (nSPS) is 10.1. The molecule has 3 aromatic rings. The van der Waals surface area contributed by atoms with Crippen LogP contribution in [0.5, 0.6) is 0 Å². The predicted molar refractivity (Wildman–Crippen MR) is 112 cm³/mol. The fraction of sp³-hybridized carbons (Fsp3) is 0.0455. The van der Waals surface area contributed by atoms with Crippen LogP contribution in [0.15, 0.2) is 72.8 Å². The van der Waals surface area contributed by atoms with Gasteiger partial charge in [-0.3, -0.25) is 25.2 Å². The maximum atomic E-state index is 12.3. The van der Waals surface area contributed by atoms with E-state index >= 15 is 0 Å². The van der Waals surface area contributed by atoms with Gasteiger partial charge in [0.05, 0.1) is 0 Å². The number of amides is 3. The van der Waals surface area contributed by atoms with Gasteiger partial charge in [0.15, 0.2) is 0 Å². The van der Waals surface area contributed by atoms with Crippen LogP contribution in [0, 0.1) is 6.92 Å². The van der Waals surface area contributed by atoms with Gasteiger partial charge in [0.2, 0.25) is 0 Å². The molecule has 7 heteroatoms. The summed E-state index contributed by atoms with van der Waals surface area (Å²) in [5.41, 5.74) is 7.36. The Hall–Kier alpha value is -3.64. The number of halogens is 1. The molecule has 0 aliphatic carbocycles. The van der Waals surface area contributed by atoms with Crippen molar-refractivity contribution in [2.45, 2.75) is 6.92 Å². The molecule has 0 aliphatic heterocycles. The largest absolute Gasteiger partial charge is 0.322 e. The second-order valence-corrected chi connectivity index (χ2v) is 6.75. The Morgan fingerprint density at radius 2 is 1.24 bits per heavy atom. The highest BCUT2D eigenvalue weighted by Gasteiger charge is 2.11. The lowest BCUT2D eigenvalue weighted by molar-refractivity contribution is 0.0846. The summed E-state index contributed by atoms with van der Waals surface area (Å²) < 4.78 is 0. The molecule has 0 bridgehead atoms. The lowest BCUT2D eigenvalue weighted by Crippen LogP contribution is -2.41. The Kier molecular flexibility index (Phi) is 6.26. The quantitative estimate of drug-likeness (QED) is 0.572.